The van der Waals surface area contributed by atoms with Gasteiger partial charge in [0, 0.05) is 18.3 Å². The Hall–Kier alpha value is -2.84. The van der Waals surface area contributed by atoms with Gasteiger partial charge < -0.3 is 5.32 Å². The number of nitrogens with zero attached hydrogens (tertiary/aromatic N) is 2. The lowest BCUT2D eigenvalue weighted by Gasteiger charge is -2.09. The normalized spacial score (nSPS) is 11.1. The third-order valence-corrected chi connectivity index (χ3v) is 5.88. The van der Waals surface area contributed by atoms with Gasteiger partial charge in [0.1, 0.15) is 5.03 Å². The maximum Gasteiger partial charge on any atom is 0.290 e. The van der Waals surface area contributed by atoms with Gasteiger partial charge in [0.05, 0.1) is 20.8 Å². The Morgan fingerprint density at radius 1 is 1.07 bits per heavy atom. The topological polar surface area (TPSA) is 54.9 Å². The second-order valence-electron chi connectivity index (χ2n) is 6.14. The highest BCUT2D eigenvalue weighted by atomic mass is 32.2. The van der Waals surface area contributed by atoms with Crippen LogP contribution in [0.4, 0.5) is 14.5 Å². The first kappa shape index (κ1) is 19.5. The number of rotatable bonds is 6. The highest BCUT2D eigenvalue weighted by molar-refractivity contribution is 7.99. The van der Waals surface area contributed by atoms with Gasteiger partial charge in [-0.15, -0.1) is 11.3 Å². The summed E-state index contributed by atoms with van der Waals surface area (Å²) in [6.45, 7) is 0. The van der Waals surface area contributed by atoms with Crippen molar-refractivity contribution in [3.63, 3.8) is 0 Å². The highest BCUT2D eigenvalue weighted by Gasteiger charge is 2.16. The Labute approximate surface area is 174 Å². The third-order valence-electron chi connectivity index (χ3n) is 4.12. The van der Waals surface area contributed by atoms with E-state index in [9.17, 15) is 13.6 Å². The SMILES string of the molecule is O=C(Nc1ccc(Cc2nc3ccccc3s2)cc1)c1cccnc1SC(F)F. The van der Waals surface area contributed by atoms with Crippen LogP contribution in [0.5, 0.6) is 0 Å². The predicted octanol–water partition coefficient (Wildman–Crippen LogP) is 5.85. The van der Waals surface area contributed by atoms with Crippen LogP contribution in [0, 0.1) is 0 Å². The summed E-state index contributed by atoms with van der Waals surface area (Å²) < 4.78 is 26.5. The molecule has 2 aromatic heterocycles. The molecule has 0 fully saturated rings. The van der Waals surface area contributed by atoms with Crippen LogP contribution in [-0.2, 0) is 6.42 Å². The Morgan fingerprint density at radius 2 is 1.86 bits per heavy atom. The monoisotopic (exact) mass is 427 g/mol. The fourth-order valence-electron chi connectivity index (χ4n) is 2.82. The summed E-state index contributed by atoms with van der Waals surface area (Å²) in [6, 6.07) is 18.4. The maximum absolute atomic E-state index is 12.7. The first-order valence-corrected chi connectivity index (χ1v) is 10.4. The molecule has 1 N–H and O–H groups in total. The third kappa shape index (κ3) is 4.78. The van der Waals surface area contributed by atoms with E-state index in [0.29, 0.717) is 12.1 Å². The van der Waals surface area contributed by atoms with Crippen LogP contribution in [-0.4, -0.2) is 21.6 Å². The van der Waals surface area contributed by atoms with E-state index < -0.39 is 11.7 Å². The first-order chi connectivity index (χ1) is 14.1. The number of hydrogen-bond donors (Lipinski definition) is 1. The van der Waals surface area contributed by atoms with Gasteiger partial charge in [0.15, 0.2) is 0 Å². The molecule has 29 heavy (non-hydrogen) atoms. The van der Waals surface area contributed by atoms with Crippen LogP contribution in [0.2, 0.25) is 0 Å². The fourth-order valence-corrected chi connectivity index (χ4v) is 4.40. The van der Waals surface area contributed by atoms with Gasteiger partial charge in [-0.25, -0.2) is 9.97 Å². The van der Waals surface area contributed by atoms with E-state index >= 15 is 0 Å². The van der Waals surface area contributed by atoms with Gasteiger partial charge in [-0.2, -0.15) is 8.78 Å². The lowest BCUT2D eigenvalue weighted by molar-refractivity contribution is 0.102. The molecule has 0 aliphatic heterocycles. The number of anilines is 1. The van der Waals surface area contributed by atoms with E-state index in [1.807, 2.05) is 36.4 Å². The summed E-state index contributed by atoms with van der Waals surface area (Å²) in [5, 5.41) is 3.76. The van der Waals surface area contributed by atoms with Crippen molar-refractivity contribution in [2.45, 2.75) is 17.2 Å². The number of pyridine rings is 1. The fraction of sp³-hybridized carbons (Fsp3) is 0.0952. The minimum atomic E-state index is -2.64. The Bertz CT molecular complexity index is 1110. The molecule has 2 aromatic carbocycles. The first-order valence-electron chi connectivity index (χ1n) is 8.73. The van der Waals surface area contributed by atoms with Crippen LogP contribution in [0.1, 0.15) is 20.9 Å². The number of thioether (sulfide) groups is 1. The van der Waals surface area contributed by atoms with Gasteiger partial charge in [-0.1, -0.05) is 24.3 Å². The molecule has 2 heterocycles. The highest BCUT2D eigenvalue weighted by Crippen LogP contribution is 2.27. The molecule has 0 saturated carbocycles. The number of benzene rings is 2. The molecule has 0 saturated heterocycles. The van der Waals surface area contributed by atoms with Crippen LogP contribution < -0.4 is 5.32 Å². The molecule has 4 nitrogen and oxygen atoms in total. The molecule has 0 radical (unpaired) electrons. The van der Waals surface area contributed by atoms with Crippen LogP contribution in [0.3, 0.4) is 0 Å². The zero-order valence-corrected chi connectivity index (χ0v) is 16.6. The number of amides is 1. The molecular formula is C21H15F2N3OS2. The van der Waals surface area contributed by atoms with E-state index in [1.54, 1.807) is 29.5 Å². The number of alkyl halides is 2. The number of nitrogens with one attached hydrogen (secondary N) is 1. The number of aromatic nitrogens is 2. The molecule has 0 aliphatic carbocycles. The van der Waals surface area contributed by atoms with Crippen molar-refractivity contribution < 1.29 is 13.6 Å². The average molecular weight is 428 g/mol. The molecule has 0 atom stereocenters. The zero-order valence-electron chi connectivity index (χ0n) is 15.0. The summed E-state index contributed by atoms with van der Waals surface area (Å²) in [7, 11) is 0. The van der Waals surface area contributed by atoms with Crippen LogP contribution in [0.25, 0.3) is 10.2 Å². The number of halogens is 2. The number of fused-ring (bicyclic) bond motifs is 1. The van der Waals surface area contributed by atoms with Crippen LogP contribution in [0.15, 0.2) is 71.9 Å². The molecule has 1 amide bonds. The molecule has 8 heteroatoms. The summed E-state index contributed by atoms with van der Waals surface area (Å²) in [6.07, 6.45) is 2.09. The van der Waals surface area contributed by atoms with Gasteiger partial charge in [0.2, 0.25) is 0 Å². The Morgan fingerprint density at radius 3 is 2.62 bits per heavy atom. The second kappa shape index (κ2) is 8.67. The minimum absolute atomic E-state index is 0.00690. The van der Waals surface area contributed by atoms with Crippen molar-refractivity contribution in [2.75, 3.05) is 5.32 Å². The van der Waals surface area contributed by atoms with Gasteiger partial charge in [0.25, 0.3) is 11.7 Å². The zero-order chi connectivity index (χ0) is 20.2. The Kier molecular flexibility index (Phi) is 5.82. The standard InChI is InChI=1S/C21H15F2N3OS2/c22-21(23)29-20-15(4-3-11-24-20)19(27)25-14-9-7-13(8-10-14)12-18-26-16-5-1-2-6-17(16)28-18/h1-11,21H,12H2,(H,25,27). The summed E-state index contributed by atoms with van der Waals surface area (Å²) in [5.41, 5.74) is 2.76. The number of hydrogen-bond acceptors (Lipinski definition) is 5. The summed E-state index contributed by atoms with van der Waals surface area (Å²) >= 11 is 1.92. The molecule has 0 spiro atoms. The summed E-state index contributed by atoms with van der Waals surface area (Å²) in [5.74, 6) is -3.11. The molecule has 0 bridgehead atoms. The predicted molar refractivity (Wildman–Crippen MR) is 113 cm³/mol. The van der Waals surface area contributed by atoms with Crippen molar-refractivity contribution >= 4 is 44.9 Å². The number of thiazole rings is 1. The number of para-hydroxylation sites is 1. The number of carbonyl (C=O) groups is 1. The van der Waals surface area contributed by atoms with Crippen molar-refractivity contribution in [1.29, 1.82) is 0 Å². The molecule has 4 rings (SSSR count). The largest absolute Gasteiger partial charge is 0.322 e. The van der Waals surface area contributed by atoms with E-state index in [1.165, 1.54) is 12.3 Å². The second-order valence-corrected chi connectivity index (χ2v) is 8.23. The van der Waals surface area contributed by atoms with Crippen molar-refractivity contribution in [2.24, 2.45) is 0 Å². The lowest BCUT2D eigenvalue weighted by Crippen LogP contribution is -2.14. The Balaban J connectivity index is 1.45. The van der Waals surface area contributed by atoms with Crippen molar-refractivity contribution in [3.05, 3.63) is 83.0 Å². The van der Waals surface area contributed by atoms with Gasteiger partial charge in [-0.3, -0.25) is 4.79 Å². The quantitative estimate of drug-likeness (QED) is 0.392. The van der Waals surface area contributed by atoms with Gasteiger partial charge >= 0.3 is 0 Å². The molecule has 146 valence electrons. The maximum atomic E-state index is 12.7. The molecule has 0 aliphatic rings. The van der Waals surface area contributed by atoms with Crippen molar-refractivity contribution in [3.8, 4) is 0 Å². The van der Waals surface area contributed by atoms with E-state index in [0.717, 1.165) is 20.8 Å². The number of carbonyl (C=O) groups excluding carboxylic acids is 1. The minimum Gasteiger partial charge on any atom is -0.322 e. The van der Waals surface area contributed by atoms with Crippen LogP contribution >= 0.6 is 23.1 Å². The molecule has 4 aromatic rings. The average Bonchev–Trinajstić information content (AvgIpc) is 3.11. The molecular weight excluding hydrogens is 412 g/mol. The van der Waals surface area contributed by atoms with E-state index in [4.69, 9.17) is 0 Å². The van der Waals surface area contributed by atoms with Gasteiger partial charge in [-0.05, 0) is 53.7 Å². The van der Waals surface area contributed by atoms with E-state index in [-0.39, 0.29) is 22.4 Å². The van der Waals surface area contributed by atoms with Crippen molar-refractivity contribution in [1.82, 2.24) is 9.97 Å². The summed E-state index contributed by atoms with van der Waals surface area (Å²) in [4.78, 5) is 21.0. The molecule has 0 unspecified atom stereocenters. The van der Waals surface area contributed by atoms with E-state index in [2.05, 4.69) is 15.3 Å². The lowest BCUT2D eigenvalue weighted by atomic mass is 10.1. The smallest absolute Gasteiger partial charge is 0.290 e.